The molecule has 0 atom stereocenters. The van der Waals surface area contributed by atoms with Gasteiger partial charge in [0.05, 0.1) is 17.5 Å². The fourth-order valence-corrected chi connectivity index (χ4v) is 1.68. The molecule has 0 spiro atoms. The number of H-pyrrole nitrogens is 1. The van der Waals surface area contributed by atoms with Crippen molar-refractivity contribution in [1.29, 1.82) is 5.26 Å². The molecule has 64 valence electrons. The molecule has 1 aromatic heterocycles. The van der Waals surface area contributed by atoms with Crippen molar-refractivity contribution < 1.29 is 0 Å². The number of aromatic amines is 1. The molecule has 2 aromatic rings. The lowest BCUT2D eigenvalue weighted by Gasteiger charge is -1.98. The first-order chi connectivity index (χ1) is 6.31. The highest BCUT2D eigenvalue weighted by Gasteiger charge is 2.02. The first-order valence-electron chi connectivity index (χ1n) is 3.94. The van der Waals surface area contributed by atoms with Gasteiger partial charge in [-0.3, -0.25) is 0 Å². The summed E-state index contributed by atoms with van der Waals surface area (Å²) in [5.41, 5.74) is 1.93. The summed E-state index contributed by atoms with van der Waals surface area (Å²) in [5, 5.41) is 10.2. The van der Waals surface area contributed by atoms with Crippen molar-refractivity contribution in [1.82, 2.24) is 4.98 Å². The molecule has 0 aliphatic carbocycles. The normalized spacial score (nSPS) is 10.2. The average Bonchev–Trinajstić information content (AvgIpc) is 2.53. The molecule has 2 nitrogen and oxygen atoms in total. The minimum Gasteiger partial charge on any atom is -0.361 e. The van der Waals surface area contributed by atoms with E-state index in [-0.39, 0.29) is 0 Å². The molecule has 0 saturated carbocycles. The van der Waals surface area contributed by atoms with Crippen LogP contribution in [0.4, 0.5) is 0 Å². The second kappa shape index (κ2) is 3.12. The predicted molar refractivity (Wildman–Crippen MR) is 52.6 cm³/mol. The quantitative estimate of drug-likeness (QED) is 0.738. The van der Waals surface area contributed by atoms with E-state index in [1.807, 2.05) is 24.4 Å². The van der Waals surface area contributed by atoms with Gasteiger partial charge in [-0.25, -0.2) is 0 Å². The van der Waals surface area contributed by atoms with E-state index in [1.165, 1.54) is 0 Å². The van der Waals surface area contributed by atoms with Gasteiger partial charge in [0.1, 0.15) is 0 Å². The van der Waals surface area contributed by atoms with Gasteiger partial charge in [-0.15, -0.1) is 0 Å². The average molecular weight is 191 g/mol. The van der Waals surface area contributed by atoms with E-state index in [0.717, 1.165) is 16.5 Å². The minimum absolute atomic E-state index is 0.397. The van der Waals surface area contributed by atoms with Crippen LogP contribution in [0.2, 0.25) is 5.02 Å². The number of hydrogen-bond donors (Lipinski definition) is 1. The molecule has 0 unspecified atom stereocenters. The fraction of sp³-hybridized carbons (Fsp3) is 0.100. The fourth-order valence-electron chi connectivity index (χ4n) is 1.37. The number of nitrogens with one attached hydrogen (secondary N) is 1. The summed E-state index contributed by atoms with van der Waals surface area (Å²) in [5.74, 6) is 0. The van der Waals surface area contributed by atoms with Crippen LogP contribution in [-0.4, -0.2) is 4.98 Å². The molecule has 0 bridgehead atoms. The van der Waals surface area contributed by atoms with Crippen LogP contribution in [0.3, 0.4) is 0 Å². The van der Waals surface area contributed by atoms with Crippen molar-refractivity contribution in [3.63, 3.8) is 0 Å². The Morgan fingerprint density at radius 2 is 2.31 bits per heavy atom. The Kier molecular flexibility index (Phi) is 1.96. The molecule has 0 fully saturated rings. The molecule has 0 amide bonds. The SMILES string of the molecule is N#CCc1cc(Cl)c2cc[nH]c2c1. The van der Waals surface area contributed by atoms with Gasteiger partial charge in [0.25, 0.3) is 0 Å². The summed E-state index contributed by atoms with van der Waals surface area (Å²) in [6.45, 7) is 0. The maximum absolute atomic E-state index is 8.53. The topological polar surface area (TPSA) is 39.6 Å². The Labute approximate surface area is 80.7 Å². The van der Waals surface area contributed by atoms with Gasteiger partial charge in [-0.1, -0.05) is 11.6 Å². The number of benzene rings is 1. The van der Waals surface area contributed by atoms with Gasteiger partial charge < -0.3 is 4.98 Å². The monoisotopic (exact) mass is 190 g/mol. The molecule has 3 heteroatoms. The molecule has 2 rings (SSSR count). The first-order valence-corrected chi connectivity index (χ1v) is 4.31. The molecule has 1 aromatic carbocycles. The zero-order valence-corrected chi connectivity index (χ0v) is 7.60. The zero-order chi connectivity index (χ0) is 9.26. The third kappa shape index (κ3) is 1.39. The minimum atomic E-state index is 0.397. The Balaban J connectivity index is 2.64. The van der Waals surface area contributed by atoms with Gasteiger partial charge in [0, 0.05) is 17.1 Å². The molecular weight excluding hydrogens is 184 g/mol. The summed E-state index contributed by atoms with van der Waals surface area (Å²) in [6.07, 6.45) is 2.24. The molecule has 13 heavy (non-hydrogen) atoms. The highest BCUT2D eigenvalue weighted by molar-refractivity contribution is 6.35. The van der Waals surface area contributed by atoms with Crippen LogP contribution in [0.1, 0.15) is 5.56 Å². The number of halogens is 1. The van der Waals surface area contributed by atoms with E-state index in [4.69, 9.17) is 16.9 Å². The van der Waals surface area contributed by atoms with E-state index in [0.29, 0.717) is 11.4 Å². The standard InChI is InChI=1S/C10H7ClN2/c11-9-5-7(1-3-12)6-10-8(9)2-4-13-10/h2,4-6,13H,1H2. The van der Waals surface area contributed by atoms with Gasteiger partial charge in [0.15, 0.2) is 0 Å². The van der Waals surface area contributed by atoms with Crippen LogP contribution < -0.4 is 0 Å². The smallest absolute Gasteiger partial charge is 0.0669 e. The summed E-state index contributed by atoms with van der Waals surface area (Å²) < 4.78 is 0. The Morgan fingerprint density at radius 3 is 3.08 bits per heavy atom. The second-order valence-corrected chi connectivity index (χ2v) is 3.26. The highest BCUT2D eigenvalue weighted by Crippen LogP contribution is 2.24. The molecule has 0 aliphatic heterocycles. The van der Waals surface area contributed by atoms with Crippen LogP contribution in [0.5, 0.6) is 0 Å². The van der Waals surface area contributed by atoms with Crippen molar-refractivity contribution in [2.45, 2.75) is 6.42 Å². The first kappa shape index (κ1) is 8.15. The summed E-state index contributed by atoms with van der Waals surface area (Å²) >= 11 is 6.01. The van der Waals surface area contributed by atoms with Crippen molar-refractivity contribution >= 4 is 22.5 Å². The lowest BCUT2D eigenvalue weighted by atomic mass is 10.1. The summed E-state index contributed by atoms with van der Waals surface area (Å²) in [4.78, 5) is 3.07. The number of aromatic nitrogens is 1. The Bertz CT molecular complexity index is 479. The molecular formula is C10H7ClN2. The molecule has 0 radical (unpaired) electrons. The number of rotatable bonds is 1. The molecule has 1 N–H and O–H groups in total. The van der Waals surface area contributed by atoms with Crippen LogP contribution >= 0.6 is 11.6 Å². The van der Waals surface area contributed by atoms with Crippen molar-refractivity contribution in [3.05, 3.63) is 35.0 Å². The molecule has 0 aliphatic rings. The van der Waals surface area contributed by atoms with Crippen LogP contribution in [0.25, 0.3) is 10.9 Å². The van der Waals surface area contributed by atoms with Crippen LogP contribution in [0, 0.1) is 11.3 Å². The maximum atomic E-state index is 8.53. The van der Waals surface area contributed by atoms with E-state index in [9.17, 15) is 0 Å². The van der Waals surface area contributed by atoms with E-state index in [1.54, 1.807) is 0 Å². The van der Waals surface area contributed by atoms with Crippen molar-refractivity contribution in [3.8, 4) is 6.07 Å². The van der Waals surface area contributed by atoms with Crippen LogP contribution in [-0.2, 0) is 6.42 Å². The summed E-state index contributed by atoms with van der Waals surface area (Å²) in [7, 11) is 0. The second-order valence-electron chi connectivity index (χ2n) is 2.85. The molecule has 1 heterocycles. The zero-order valence-electron chi connectivity index (χ0n) is 6.84. The van der Waals surface area contributed by atoms with E-state index >= 15 is 0 Å². The van der Waals surface area contributed by atoms with Gasteiger partial charge in [-0.05, 0) is 23.8 Å². The Hall–Kier alpha value is -1.46. The summed E-state index contributed by atoms with van der Waals surface area (Å²) in [6, 6.07) is 7.80. The van der Waals surface area contributed by atoms with Gasteiger partial charge in [-0.2, -0.15) is 5.26 Å². The van der Waals surface area contributed by atoms with Crippen molar-refractivity contribution in [2.75, 3.05) is 0 Å². The largest absolute Gasteiger partial charge is 0.361 e. The number of nitriles is 1. The maximum Gasteiger partial charge on any atom is 0.0669 e. The number of nitrogens with zero attached hydrogens (tertiary/aromatic N) is 1. The van der Waals surface area contributed by atoms with Crippen molar-refractivity contribution in [2.24, 2.45) is 0 Å². The third-order valence-corrected chi connectivity index (χ3v) is 2.27. The highest BCUT2D eigenvalue weighted by atomic mass is 35.5. The van der Waals surface area contributed by atoms with Gasteiger partial charge in [0.2, 0.25) is 0 Å². The predicted octanol–water partition coefficient (Wildman–Crippen LogP) is 2.89. The lowest BCUT2D eigenvalue weighted by molar-refractivity contribution is 1.27. The molecule has 0 saturated heterocycles. The van der Waals surface area contributed by atoms with Gasteiger partial charge >= 0.3 is 0 Å². The third-order valence-electron chi connectivity index (χ3n) is 1.96. The van der Waals surface area contributed by atoms with Crippen LogP contribution in [0.15, 0.2) is 24.4 Å². The number of fused-ring (bicyclic) bond motifs is 1. The van der Waals surface area contributed by atoms with E-state index in [2.05, 4.69) is 11.1 Å². The lowest BCUT2D eigenvalue weighted by Crippen LogP contribution is -1.81. The Morgan fingerprint density at radius 1 is 1.46 bits per heavy atom. The number of hydrogen-bond acceptors (Lipinski definition) is 1. The van der Waals surface area contributed by atoms with E-state index < -0.39 is 0 Å².